The first-order valence-corrected chi connectivity index (χ1v) is 9.00. The molecule has 0 spiro atoms. The van der Waals surface area contributed by atoms with E-state index in [2.05, 4.69) is 10.6 Å². The minimum atomic E-state index is -0.792. The van der Waals surface area contributed by atoms with Gasteiger partial charge < -0.3 is 25.4 Å². The third kappa shape index (κ3) is 5.26. The Morgan fingerprint density at radius 3 is 2.33 bits per heavy atom. The van der Waals surface area contributed by atoms with E-state index in [1.165, 1.54) is 24.1 Å². The van der Waals surface area contributed by atoms with Crippen LogP contribution in [0, 0.1) is 5.92 Å². The number of nitrogens with zero attached hydrogens (tertiary/aromatic N) is 1. The minimum Gasteiger partial charge on any atom is -0.494 e. The molecule has 1 aliphatic carbocycles. The number of anilines is 1. The number of carboxylic acid groups (broad SMARTS) is 1. The molecule has 0 saturated heterocycles. The zero-order chi connectivity index (χ0) is 20.1. The first-order valence-electron chi connectivity index (χ1n) is 8.62. The van der Waals surface area contributed by atoms with Gasteiger partial charge in [0.2, 0.25) is 0 Å². The van der Waals surface area contributed by atoms with Gasteiger partial charge in [-0.1, -0.05) is 11.6 Å². The molecule has 0 bridgehead atoms. The van der Waals surface area contributed by atoms with Gasteiger partial charge in [-0.3, -0.25) is 9.59 Å². The van der Waals surface area contributed by atoms with E-state index in [9.17, 15) is 14.4 Å². The van der Waals surface area contributed by atoms with Crippen LogP contribution in [-0.2, 0) is 4.79 Å². The number of nitrogens with one attached hydrogen (secondary N) is 2. The lowest BCUT2D eigenvalue weighted by atomic mass is 9.86. The first-order chi connectivity index (χ1) is 12.7. The Balaban J connectivity index is 2.09. The molecule has 148 valence electrons. The van der Waals surface area contributed by atoms with Crippen LogP contribution in [0.15, 0.2) is 12.1 Å². The highest BCUT2D eigenvalue weighted by Crippen LogP contribution is 2.33. The zero-order valence-corrected chi connectivity index (χ0v) is 16.3. The molecule has 1 saturated carbocycles. The van der Waals surface area contributed by atoms with Crippen molar-refractivity contribution in [3.63, 3.8) is 0 Å². The fourth-order valence-corrected chi connectivity index (χ4v) is 3.35. The maximum absolute atomic E-state index is 12.4. The van der Waals surface area contributed by atoms with Crippen molar-refractivity contribution in [3.8, 4) is 5.75 Å². The predicted molar refractivity (Wildman–Crippen MR) is 102 cm³/mol. The fourth-order valence-electron chi connectivity index (χ4n) is 3.13. The molecule has 1 aliphatic rings. The summed E-state index contributed by atoms with van der Waals surface area (Å²) in [7, 11) is 4.62. The van der Waals surface area contributed by atoms with Gasteiger partial charge in [-0.15, -0.1) is 0 Å². The monoisotopic (exact) mass is 397 g/mol. The van der Waals surface area contributed by atoms with Crippen LogP contribution in [0.1, 0.15) is 36.0 Å². The van der Waals surface area contributed by atoms with Crippen LogP contribution < -0.4 is 15.4 Å². The normalized spacial score (nSPS) is 19.1. The van der Waals surface area contributed by atoms with Gasteiger partial charge in [0.1, 0.15) is 0 Å². The highest BCUT2D eigenvalue weighted by atomic mass is 35.5. The molecule has 2 rings (SSSR count). The summed E-state index contributed by atoms with van der Waals surface area (Å²) in [5, 5.41) is 14.8. The topological polar surface area (TPSA) is 108 Å². The number of hydrogen-bond donors (Lipinski definition) is 3. The molecule has 1 fully saturated rings. The third-order valence-corrected chi connectivity index (χ3v) is 4.77. The van der Waals surface area contributed by atoms with Gasteiger partial charge in [-0.05, 0) is 37.8 Å². The van der Waals surface area contributed by atoms with E-state index in [1.54, 1.807) is 14.1 Å². The number of benzene rings is 1. The van der Waals surface area contributed by atoms with Gasteiger partial charge >= 0.3 is 12.0 Å². The summed E-state index contributed by atoms with van der Waals surface area (Å²) >= 11 is 6.10. The van der Waals surface area contributed by atoms with Crippen molar-refractivity contribution in [2.45, 2.75) is 31.7 Å². The number of carboxylic acids is 1. The summed E-state index contributed by atoms with van der Waals surface area (Å²) in [6.07, 6.45) is 2.26. The summed E-state index contributed by atoms with van der Waals surface area (Å²) in [4.78, 5) is 37.1. The quantitative estimate of drug-likeness (QED) is 0.708. The molecular weight excluding hydrogens is 374 g/mol. The van der Waals surface area contributed by atoms with Crippen LogP contribution in [0.5, 0.6) is 5.75 Å². The van der Waals surface area contributed by atoms with E-state index in [0.717, 1.165) is 0 Å². The Morgan fingerprint density at radius 1 is 1.19 bits per heavy atom. The Kier molecular flexibility index (Phi) is 6.90. The van der Waals surface area contributed by atoms with Gasteiger partial charge in [0.15, 0.2) is 5.75 Å². The third-order valence-electron chi connectivity index (χ3n) is 4.55. The predicted octanol–water partition coefficient (Wildman–Crippen LogP) is 2.82. The van der Waals surface area contributed by atoms with E-state index in [1.807, 2.05) is 0 Å². The molecule has 8 nitrogen and oxygen atoms in total. The Morgan fingerprint density at radius 2 is 1.81 bits per heavy atom. The van der Waals surface area contributed by atoms with Gasteiger partial charge in [0.25, 0.3) is 5.91 Å². The van der Waals surface area contributed by atoms with Crippen molar-refractivity contribution >= 4 is 35.2 Å². The van der Waals surface area contributed by atoms with Gasteiger partial charge in [-0.25, -0.2) is 4.79 Å². The number of carbonyl (C=O) groups excluding carboxylic acids is 2. The van der Waals surface area contributed by atoms with Crippen molar-refractivity contribution in [2.24, 2.45) is 5.92 Å². The average molecular weight is 398 g/mol. The Labute approximate surface area is 162 Å². The van der Waals surface area contributed by atoms with Crippen LogP contribution in [0.25, 0.3) is 0 Å². The second-order valence-corrected chi connectivity index (χ2v) is 7.16. The molecule has 1 aromatic rings. The molecule has 3 amide bonds. The number of amides is 3. The van der Waals surface area contributed by atoms with Gasteiger partial charge in [0, 0.05) is 25.2 Å². The van der Waals surface area contributed by atoms with Crippen LogP contribution in [0.4, 0.5) is 10.5 Å². The SMILES string of the molecule is COc1c(NC(=O)NC2CCC(C(=O)O)CC2)cc(Cl)cc1C(=O)N(C)C. The summed E-state index contributed by atoms with van der Waals surface area (Å²) in [5.41, 5.74) is 0.527. The maximum atomic E-state index is 12.4. The van der Waals surface area contributed by atoms with E-state index < -0.39 is 12.0 Å². The summed E-state index contributed by atoms with van der Waals surface area (Å²) in [6.45, 7) is 0. The molecule has 0 heterocycles. The summed E-state index contributed by atoms with van der Waals surface area (Å²) in [6, 6.07) is 2.43. The van der Waals surface area contributed by atoms with Crippen LogP contribution in [0.3, 0.4) is 0 Å². The fraction of sp³-hybridized carbons (Fsp3) is 0.500. The lowest BCUT2D eigenvalue weighted by Gasteiger charge is -2.27. The van der Waals surface area contributed by atoms with Crippen molar-refractivity contribution in [1.29, 1.82) is 0 Å². The number of rotatable bonds is 5. The van der Waals surface area contributed by atoms with Gasteiger partial charge in [-0.2, -0.15) is 0 Å². The van der Waals surface area contributed by atoms with E-state index >= 15 is 0 Å². The highest BCUT2D eigenvalue weighted by Gasteiger charge is 2.27. The van der Waals surface area contributed by atoms with Crippen molar-refractivity contribution in [3.05, 3.63) is 22.7 Å². The highest BCUT2D eigenvalue weighted by molar-refractivity contribution is 6.31. The molecule has 27 heavy (non-hydrogen) atoms. The second kappa shape index (κ2) is 8.94. The number of hydrogen-bond acceptors (Lipinski definition) is 4. The molecule has 0 atom stereocenters. The molecule has 0 aromatic heterocycles. The molecule has 0 aliphatic heterocycles. The van der Waals surface area contributed by atoms with Crippen LogP contribution >= 0.6 is 11.6 Å². The number of urea groups is 1. The first kappa shape index (κ1) is 20.8. The lowest BCUT2D eigenvalue weighted by molar-refractivity contribution is -0.142. The van der Waals surface area contributed by atoms with Crippen LogP contribution in [-0.4, -0.2) is 55.2 Å². The lowest BCUT2D eigenvalue weighted by Crippen LogP contribution is -2.41. The zero-order valence-electron chi connectivity index (χ0n) is 15.5. The molecule has 3 N–H and O–H groups in total. The second-order valence-electron chi connectivity index (χ2n) is 6.72. The molecular formula is C18H24ClN3O5. The molecule has 0 radical (unpaired) electrons. The maximum Gasteiger partial charge on any atom is 0.319 e. The number of aliphatic carboxylic acids is 1. The van der Waals surface area contributed by atoms with Gasteiger partial charge in [0.05, 0.1) is 24.3 Å². The summed E-state index contributed by atoms with van der Waals surface area (Å²) < 4.78 is 5.32. The van der Waals surface area contributed by atoms with E-state index in [-0.39, 0.29) is 34.9 Å². The standard InChI is InChI=1S/C18H24ClN3O5/c1-22(2)16(23)13-8-11(19)9-14(15(13)27-3)21-18(26)20-12-6-4-10(5-7-12)17(24)25/h8-10,12H,4-7H2,1-3H3,(H,24,25)(H2,20,21,26). The van der Waals surface area contributed by atoms with E-state index in [0.29, 0.717) is 30.7 Å². The van der Waals surface area contributed by atoms with Crippen molar-refractivity contribution in [1.82, 2.24) is 10.2 Å². The largest absolute Gasteiger partial charge is 0.494 e. The van der Waals surface area contributed by atoms with Crippen LogP contribution in [0.2, 0.25) is 5.02 Å². The minimum absolute atomic E-state index is 0.103. The smallest absolute Gasteiger partial charge is 0.319 e. The molecule has 1 aromatic carbocycles. The Bertz CT molecular complexity index is 730. The number of methoxy groups -OCH3 is 1. The van der Waals surface area contributed by atoms with E-state index in [4.69, 9.17) is 21.4 Å². The van der Waals surface area contributed by atoms with Crippen molar-refractivity contribution in [2.75, 3.05) is 26.5 Å². The average Bonchev–Trinajstić information content (AvgIpc) is 2.60. The molecule has 9 heteroatoms. The van der Waals surface area contributed by atoms with Crippen molar-refractivity contribution < 1.29 is 24.2 Å². The summed E-state index contributed by atoms with van der Waals surface area (Å²) in [5.74, 6) is -1.22. The number of carbonyl (C=O) groups is 3. The molecule has 0 unspecified atom stereocenters. The number of halogens is 1. The number of ether oxygens (including phenoxy) is 1. The Hall–Kier alpha value is -2.48.